The van der Waals surface area contributed by atoms with E-state index in [1.54, 1.807) is 0 Å². The van der Waals surface area contributed by atoms with Gasteiger partial charge in [0.15, 0.2) is 0 Å². The van der Waals surface area contributed by atoms with Crippen molar-refractivity contribution >= 4 is 48.4 Å². The number of rotatable bonds is 3. The van der Waals surface area contributed by atoms with Crippen molar-refractivity contribution in [2.24, 2.45) is 5.92 Å². The zero-order chi connectivity index (χ0) is 21.7. The Morgan fingerprint density at radius 3 is 2.34 bits per heavy atom. The molecule has 0 atom stereocenters. The number of aromatic nitrogens is 1. The van der Waals surface area contributed by atoms with Crippen molar-refractivity contribution in [1.29, 1.82) is 0 Å². The lowest BCUT2D eigenvalue weighted by molar-refractivity contribution is 0.327. The summed E-state index contributed by atoms with van der Waals surface area (Å²) in [4.78, 5) is 4.65. The van der Waals surface area contributed by atoms with E-state index in [9.17, 15) is 0 Å². The van der Waals surface area contributed by atoms with Gasteiger partial charge in [-0.1, -0.05) is 67.1 Å². The Labute approximate surface area is 190 Å². The predicted molar refractivity (Wildman–Crippen MR) is 134 cm³/mol. The third-order valence-electron chi connectivity index (χ3n) is 7.17. The van der Waals surface area contributed by atoms with Crippen LogP contribution in [0.25, 0.3) is 44.0 Å². The van der Waals surface area contributed by atoms with E-state index in [4.69, 9.17) is 20.1 Å². The Bertz CT molecular complexity index is 1450. The standard InChI is InChI=1S/C28H23B2NO/c29-28(30,21-8-2-1-3-9-21)22-12-13-31-25(17-22)20-10-11-26-23(15-20)24-14-18-6-4-5-7-19(18)16-27(24)32-26/h4-7,10-17,21H,1-3,8-9H2. The van der Waals surface area contributed by atoms with Gasteiger partial charge in [-0.2, -0.15) is 0 Å². The summed E-state index contributed by atoms with van der Waals surface area (Å²) in [6.45, 7) is 0. The molecule has 3 aromatic carbocycles. The number of pyridine rings is 1. The van der Waals surface area contributed by atoms with Crippen molar-refractivity contribution in [3.8, 4) is 11.3 Å². The zero-order valence-corrected chi connectivity index (χ0v) is 18.1. The number of hydrogen-bond acceptors (Lipinski definition) is 2. The largest absolute Gasteiger partial charge is 0.456 e. The quantitative estimate of drug-likeness (QED) is 0.303. The summed E-state index contributed by atoms with van der Waals surface area (Å²) in [5, 5.41) is 3.76. The Morgan fingerprint density at radius 2 is 1.53 bits per heavy atom. The van der Waals surface area contributed by atoms with Crippen LogP contribution in [0.5, 0.6) is 0 Å². The maximum Gasteiger partial charge on any atom is 0.136 e. The lowest BCUT2D eigenvalue weighted by Crippen LogP contribution is -2.37. The van der Waals surface area contributed by atoms with Gasteiger partial charge in [-0.25, -0.2) is 0 Å². The second-order valence-electron chi connectivity index (χ2n) is 9.21. The molecule has 1 fully saturated rings. The molecule has 152 valence electrons. The van der Waals surface area contributed by atoms with E-state index < -0.39 is 5.21 Å². The third kappa shape index (κ3) is 3.24. The molecule has 4 heteroatoms. The second kappa shape index (κ2) is 7.55. The molecule has 0 spiro atoms. The van der Waals surface area contributed by atoms with Gasteiger partial charge in [0.25, 0.3) is 0 Å². The van der Waals surface area contributed by atoms with Crippen LogP contribution in [-0.4, -0.2) is 20.7 Å². The molecule has 1 saturated carbocycles. The van der Waals surface area contributed by atoms with E-state index in [2.05, 4.69) is 59.6 Å². The van der Waals surface area contributed by atoms with Crippen LogP contribution in [0, 0.1) is 5.92 Å². The van der Waals surface area contributed by atoms with Gasteiger partial charge in [-0.15, -0.1) is 0 Å². The minimum Gasteiger partial charge on any atom is -0.456 e. The fourth-order valence-electron chi connectivity index (χ4n) is 5.30. The predicted octanol–water partition coefficient (Wildman–Crippen LogP) is 6.87. The summed E-state index contributed by atoms with van der Waals surface area (Å²) in [7, 11) is 13.4. The molecule has 2 aromatic heterocycles. The lowest BCUT2D eigenvalue weighted by Gasteiger charge is -2.38. The van der Waals surface area contributed by atoms with Crippen LogP contribution in [0.4, 0.5) is 0 Å². The molecule has 2 nitrogen and oxygen atoms in total. The number of fused-ring (bicyclic) bond motifs is 4. The first-order valence-electron chi connectivity index (χ1n) is 11.5. The fourth-order valence-corrected chi connectivity index (χ4v) is 5.30. The third-order valence-corrected chi connectivity index (χ3v) is 7.17. The molecular formula is C28H23B2NO. The van der Waals surface area contributed by atoms with Crippen LogP contribution in [-0.2, 0) is 5.21 Å². The van der Waals surface area contributed by atoms with Gasteiger partial charge < -0.3 is 4.42 Å². The minimum atomic E-state index is -0.830. The molecule has 6 rings (SSSR count). The van der Waals surface area contributed by atoms with Crippen molar-refractivity contribution in [2.45, 2.75) is 37.3 Å². The van der Waals surface area contributed by atoms with Crippen molar-refractivity contribution < 1.29 is 4.42 Å². The van der Waals surface area contributed by atoms with Crippen LogP contribution in [0.15, 0.2) is 77.3 Å². The zero-order valence-electron chi connectivity index (χ0n) is 18.1. The molecule has 0 bridgehead atoms. The van der Waals surface area contributed by atoms with Gasteiger partial charge in [0.2, 0.25) is 0 Å². The maximum absolute atomic E-state index is 6.70. The average molecular weight is 411 g/mol. The first kappa shape index (κ1) is 19.7. The van der Waals surface area contributed by atoms with Gasteiger partial charge in [0.05, 0.1) is 21.4 Å². The van der Waals surface area contributed by atoms with Crippen LogP contribution in [0.1, 0.15) is 37.7 Å². The van der Waals surface area contributed by atoms with Crippen LogP contribution in [0.3, 0.4) is 0 Å². The molecule has 0 aliphatic heterocycles. The van der Waals surface area contributed by atoms with Crippen molar-refractivity contribution in [3.05, 3.63) is 78.5 Å². The minimum absolute atomic E-state index is 0.306. The van der Waals surface area contributed by atoms with E-state index in [0.29, 0.717) is 5.92 Å². The molecule has 0 N–H and O–H groups in total. The summed E-state index contributed by atoms with van der Waals surface area (Å²) in [6.07, 6.45) is 7.70. The van der Waals surface area contributed by atoms with Crippen molar-refractivity contribution in [3.63, 3.8) is 0 Å². The molecule has 5 aromatic rings. The highest BCUT2D eigenvalue weighted by atomic mass is 16.3. The highest BCUT2D eigenvalue weighted by Gasteiger charge is 2.31. The first-order valence-corrected chi connectivity index (χ1v) is 11.5. The van der Waals surface area contributed by atoms with Crippen LogP contribution >= 0.6 is 0 Å². The van der Waals surface area contributed by atoms with Gasteiger partial charge in [0, 0.05) is 22.5 Å². The van der Waals surface area contributed by atoms with Gasteiger partial charge in [-0.3, -0.25) is 4.98 Å². The van der Waals surface area contributed by atoms with E-state index in [0.717, 1.165) is 51.6 Å². The summed E-state index contributed by atoms with van der Waals surface area (Å²) >= 11 is 0. The Balaban J connectivity index is 1.44. The highest BCUT2D eigenvalue weighted by molar-refractivity contribution is 6.40. The monoisotopic (exact) mass is 411 g/mol. The van der Waals surface area contributed by atoms with E-state index in [1.165, 1.54) is 30.0 Å². The van der Waals surface area contributed by atoms with Crippen molar-refractivity contribution in [1.82, 2.24) is 4.98 Å². The van der Waals surface area contributed by atoms with Crippen LogP contribution < -0.4 is 0 Å². The molecule has 0 saturated heterocycles. The molecule has 1 aliphatic rings. The SMILES string of the molecule is [B]C([B])(c1ccnc(-c2ccc3oc4cc5ccccc5cc4c3c2)c1)C1CCCCC1. The summed E-state index contributed by atoms with van der Waals surface area (Å²) in [6, 6.07) is 23.0. The van der Waals surface area contributed by atoms with E-state index >= 15 is 0 Å². The maximum atomic E-state index is 6.70. The molecule has 0 amide bonds. The summed E-state index contributed by atoms with van der Waals surface area (Å²) in [5.41, 5.74) is 4.66. The Hall–Kier alpha value is -3.00. The topological polar surface area (TPSA) is 26.0 Å². The fraction of sp³-hybridized carbons (Fsp3) is 0.250. The van der Waals surface area contributed by atoms with Gasteiger partial charge >= 0.3 is 0 Å². The normalized spacial score (nSPS) is 15.6. The lowest BCUT2D eigenvalue weighted by atomic mass is 9.43. The van der Waals surface area contributed by atoms with Crippen LogP contribution in [0.2, 0.25) is 0 Å². The highest BCUT2D eigenvalue weighted by Crippen LogP contribution is 2.39. The molecular weight excluding hydrogens is 388 g/mol. The second-order valence-corrected chi connectivity index (χ2v) is 9.21. The van der Waals surface area contributed by atoms with E-state index in [1.807, 2.05) is 18.3 Å². The Morgan fingerprint density at radius 1 is 0.781 bits per heavy atom. The first-order chi connectivity index (χ1) is 15.6. The van der Waals surface area contributed by atoms with E-state index in [-0.39, 0.29) is 0 Å². The average Bonchev–Trinajstić information content (AvgIpc) is 3.20. The number of nitrogens with zero attached hydrogens (tertiary/aromatic N) is 1. The smallest absolute Gasteiger partial charge is 0.136 e. The number of hydrogen-bond donors (Lipinski definition) is 0. The number of furan rings is 1. The molecule has 4 radical (unpaired) electrons. The van der Waals surface area contributed by atoms with Gasteiger partial charge in [0.1, 0.15) is 11.2 Å². The molecule has 2 heterocycles. The Kier molecular flexibility index (Phi) is 4.64. The molecule has 1 aliphatic carbocycles. The molecule has 0 unspecified atom stereocenters. The molecule has 32 heavy (non-hydrogen) atoms. The van der Waals surface area contributed by atoms with Gasteiger partial charge in [-0.05, 0) is 59.2 Å². The summed E-state index contributed by atoms with van der Waals surface area (Å²) < 4.78 is 6.15. The van der Waals surface area contributed by atoms with Crippen molar-refractivity contribution in [2.75, 3.05) is 0 Å². The number of benzene rings is 3. The summed E-state index contributed by atoms with van der Waals surface area (Å²) in [5.74, 6) is 0.306.